The van der Waals surface area contributed by atoms with Gasteiger partial charge in [0, 0.05) is 0 Å². The van der Waals surface area contributed by atoms with Crippen molar-refractivity contribution in [3.8, 4) is 0 Å². The Morgan fingerprint density at radius 2 is 1.29 bits per heavy atom. The zero-order chi connectivity index (χ0) is 13.2. The summed E-state index contributed by atoms with van der Waals surface area (Å²) in [6, 6.07) is 0. The fourth-order valence-electron chi connectivity index (χ4n) is 1.52. The van der Waals surface area contributed by atoms with Crippen molar-refractivity contribution in [3.63, 3.8) is 0 Å². The Morgan fingerprint density at radius 1 is 0.882 bits per heavy atom. The zero-order valence-corrected chi connectivity index (χ0v) is 8.65. The molecule has 0 amide bonds. The molecule has 0 radical (unpaired) electrons. The van der Waals surface area contributed by atoms with E-state index in [0.29, 0.717) is 0 Å². The van der Waals surface area contributed by atoms with E-state index in [2.05, 4.69) is 4.74 Å². The van der Waals surface area contributed by atoms with E-state index in [1.165, 1.54) is 0 Å². The standard InChI is InChI=1S/C9H13F5O3/c10-4-5(11)7(13)9(8(14)6(4)12)17-2-3(16)1-15/h3-9,15-16H,1-2H2. The van der Waals surface area contributed by atoms with Crippen molar-refractivity contribution in [2.75, 3.05) is 13.2 Å². The average Bonchev–Trinajstić information content (AvgIpc) is 2.33. The summed E-state index contributed by atoms with van der Waals surface area (Å²) in [5.41, 5.74) is 0. The number of aliphatic hydroxyl groups is 2. The molecule has 0 aromatic rings. The first kappa shape index (κ1) is 14.6. The molecule has 0 aliphatic heterocycles. The van der Waals surface area contributed by atoms with Gasteiger partial charge in [-0.25, -0.2) is 22.0 Å². The molecule has 1 aliphatic carbocycles. The molecule has 2 N–H and O–H groups in total. The van der Waals surface area contributed by atoms with Crippen LogP contribution in [0.5, 0.6) is 0 Å². The molecule has 1 fully saturated rings. The Bertz CT molecular complexity index is 229. The van der Waals surface area contributed by atoms with Crippen LogP contribution in [0.25, 0.3) is 0 Å². The van der Waals surface area contributed by atoms with E-state index in [9.17, 15) is 22.0 Å². The van der Waals surface area contributed by atoms with Crippen molar-refractivity contribution in [1.29, 1.82) is 0 Å². The minimum atomic E-state index is -2.87. The quantitative estimate of drug-likeness (QED) is 0.724. The molecule has 3 nitrogen and oxygen atoms in total. The molecule has 0 saturated heterocycles. The lowest BCUT2D eigenvalue weighted by Gasteiger charge is -2.36. The van der Waals surface area contributed by atoms with Gasteiger partial charge in [0.15, 0.2) is 30.9 Å². The van der Waals surface area contributed by atoms with Crippen LogP contribution in [0.4, 0.5) is 22.0 Å². The van der Waals surface area contributed by atoms with E-state index >= 15 is 0 Å². The van der Waals surface area contributed by atoms with E-state index in [4.69, 9.17) is 10.2 Å². The van der Waals surface area contributed by atoms with Gasteiger partial charge in [-0.1, -0.05) is 0 Å². The van der Waals surface area contributed by atoms with Gasteiger partial charge in [0.05, 0.1) is 13.2 Å². The Balaban J connectivity index is 2.63. The summed E-state index contributed by atoms with van der Waals surface area (Å²) in [5.74, 6) is 0. The van der Waals surface area contributed by atoms with E-state index < -0.39 is 56.3 Å². The molecule has 5 atom stereocenters. The first-order chi connectivity index (χ1) is 7.90. The third-order valence-corrected chi connectivity index (χ3v) is 2.54. The summed E-state index contributed by atoms with van der Waals surface area (Å²) in [7, 11) is 0. The van der Waals surface area contributed by atoms with Crippen LogP contribution in [0.15, 0.2) is 0 Å². The van der Waals surface area contributed by atoms with Crippen molar-refractivity contribution in [1.82, 2.24) is 0 Å². The number of rotatable bonds is 4. The highest BCUT2D eigenvalue weighted by atomic mass is 19.2. The summed E-state index contributed by atoms with van der Waals surface area (Å²) in [5, 5.41) is 17.3. The second kappa shape index (κ2) is 5.92. The first-order valence-electron chi connectivity index (χ1n) is 5.01. The second-order valence-electron chi connectivity index (χ2n) is 3.86. The maximum absolute atomic E-state index is 13.2. The van der Waals surface area contributed by atoms with Crippen LogP contribution in [0, 0.1) is 0 Å². The molecule has 1 rings (SSSR count). The fraction of sp³-hybridized carbons (Fsp3) is 1.00. The van der Waals surface area contributed by atoms with Gasteiger partial charge in [-0.2, -0.15) is 0 Å². The second-order valence-corrected chi connectivity index (χ2v) is 3.86. The van der Waals surface area contributed by atoms with Gasteiger partial charge in [0.1, 0.15) is 12.2 Å². The van der Waals surface area contributed by atoms with Crippen LogP contribution in [-0.2, 0) is 4.74 Å². The van der Waals surface area contributed by atoms with Gasteiger partial charge >= 0.3 is 0 Å². The summed E-state index contributed by atoms with van der Waals surface area (Å²) >= 11 is 0. The molecule has 0 aromatic carbocycles. The topological polar surface area (TPSA) is 49.7 Å². The van der Waals surface area contributed by atoms with Crippen LogP contribution in [0.3, 0.4) is 0 Å². The third kappa shape index (κ3) is 3.05. The molecule has 0 aromatic heterocycles. The van der Waals surface area contributed by atoms with E-state index in [1.807, 2.05) is 0 Å². The van der Waals surface area contributed by atoms with Crippen LogP contribution >= 0.6 is 0 Å². The summed E-state index contributed by atoms with van der Waals surface area (Å²) in [6.45, 7) is -1.43. The molecule has 1 saturated carbocycles. The summed E-state index contributed by atoms with van der Waals surface area (Å²) < 4.78 is 69.3. The highest BCUT2D eigenvalue weighted by Gasteiger charge is 2.54. The van der Waals surface area contributed by atoms with E-state index in [0.717, 1.165) is 0 Å². The Hall–Kier alpha value is -0.470. The van der Waals surface area contributed by atoms with Crippen molar-refractivity contribution < 1.29 is 36.9 Å². The first-order valence-corrected chi connectivity index (χ1v) is 5.01. The lowest BCUT2D eigenvalue weighted by molar-refractivity contribution is -0.160. The molecule has 1 aliphatic rings. The van der Waals surface area contributed by atoms with Crippen molar-refractivity contribution in [2.24, 2.45) is 0 Å². The smallest absolute Gasteiger partial charge is 0.168 e. The van der Waals surface area contributed by atoms with E-state index in [-0.39, 0.29) is 0 Å². The summed E-state index contributed by atoms with van der Waals surface area (Å²) in [4.78, 5) is 0. The van der Waals surface area contributed by atoms with Gasteiger partial charge in [-0.3, -0.25) is 0 Å². The molecule has 0 bridgehead atoms. The SMILES string of the molecule is OCC(O)COC1C(F)C(F)C(F)C(F)C1F. The molecule has 0 heterocycles. The van der Waals surface area contributed by atoms with Gasteiger partial charge in [0.2, 0.25) is 0 Å². The molecule has 102 valence electrons. The lowest BCUT2D eigenvalue weighted by Crippen LogP contribution is -2.57. The maximum Gasteiger partial charge on any atom is 0.168 e. The maximum atomic E-state index is 13.2. The highest BCUT2D eigenvalue weighted by molar-refractivity contribution is 5.00. The molecule has 17 heavy (non-hydrogen) atoms. The highest BCUT2D eigenvalue weighted by Crippen LogP contribution is 2.33. The van der Waals surface area contributed by atoms with Gasteiger partial charge in [-0.15, -0.1) is 0 Å². The average molecular weight is 264 g/mol. The fourth-order valence-corrected chi connectivity index (χ4v) is 1.52. The number of hydrogen-bond donors (Lipinski definition) is 2. The largest absolute Gasteiger partial charge is 0.394 e. The predicted octanol–water partition coefficient (Wildman–Crippen LogP) is 0.429. The Morgan fingerprint density at radius 3 is 1.71 bits per heavy atom. The number of aliphatic hydroxyl groups excluding tert-OH is 2. The summed E-state index contributed by atoms with van der Waals surface area (Å²) in [6.07, 6.45) is -17.4. The third-order valence-electron chi connectivity index (χ3n) is 2.54. The Kier molecular flexibility index (Phi) is 5.08. The molecule has 8 heteroatoms. The van der Waals surface area contributed by atoms with Crippen molar-refractivity contribution in [3.05, 3.63) is 0 Å². The zero-order valence-electron chi connectivity index (χ0n) is 8.65. The number of alkyl halides is 5. The minimum absolute atomic E-state index is 0.696. The van der Waals surface area contributed by atoms with Gasteiger partial charge in [0.25, 0.3) is 0 Å². The number of halogens is 5. The van der Waals surface area contributed by atoms with Gasteiger partial charge < -0.3 is 14.9 Å². The van der Waals surface area contributed by atoms with E-state index in [1.54, 1.807) is 0 Å². The van der Waals surface area contributed by atoms with Crippen LogP contribution in [0.2, 0.25) is 0 Å². The van der Waals surface area contributed by atoms with Crippen molar-refractivity contribution in [2.45, 2.75) is 43.1 Å². The van der Waals surface area contributed by atoms with Crippen LogP contribution in [-0.4, -0.2) is 66.5 Å². The Labute approximate surface area is 94.2 Å². The molecular weight excluding hydrogens is 251 g/mol. The van der Waals surface area contributed by atoms with Crippen LogP contribution in [0.1, 0.15) is 0 Å². The minimum Gasteiger partial charge on any atom is -0.394 e. The van der Waals surface area contributed by atoms with Crippen molar-refractivity contribution >= 4 is 0 Å². The lowest BCUT2D eigenvalue weighted by atomic mass is 9.89. The molecule has 5 unspecified atom stereocenters. The van der Waals surface area contributed by atoms with Gasteiger partial charge in [-0.05, 0) is 0 Å². The van der Waals surface area contributed by atoms with Crippen LogP contribution < -0.4 is 0 Å². The molecular formula is C9H13F5O3. The number of hydrogen-bond acceptors (Lipinski definition) is 3. The molecule has 0 spiro atoms. The number of ether oxygens (including phenoxy) is 1. The predicted molar refractivity (Wildman–Crippen MR) is 47.3 cm³/mol. The normalized spacial score (nSPS) is 44.6. The monoisotopic (exact) mass is 264 g/mol.